The highest BCUT2D eigenvalue weighted by Gasteiger charge is 2.36. The summed E-state index contributed by atoms with van der Waals surface area (Å²) in [6.07, 6.45) is 2.97. The van der Waals surface area contributed by atoms with Gasteiger partial charge in [-0.2, -0.15) is 0 Å². The van der Waals surface area contributed by atoms with Crippen LogP contribution in [-0.4, -0.2) is 59.3 Å². The summed E-state index contributed by atoms with van der Waals surface area (Å²) in [7, 11) is 0. The zero-order valence-corrected chi connectivity index (χ0v) is 16.0. The number of carbonyl (C=O) groups is 2. The average Bonchev–Trinajstić information content (AvgIpc) is 3.29. The summed E-state index contributed by atoms with van der Waals surface area (Å²) < 4.78 is 0. The van der Waals surface area contributed by atoms with Crippen LogP contribution >= 0.6 is 23.7 Å². The minimum absolute atomic E-state index is 0. The standard InChI is InChI=1S/C16H22N4O4S.ClH/c17-10-11-2-1-3-12(11)15(21)18-6-8-19(9-7-18)16(22)13-4-5-14(25-13)20(23)24;/h4-5,11-12H,1-3,6-10,17H2;1H/t11-,12-;/m1./s1. The van der Waals surface area contributed by atoms with Gasteiger partial charge in [-0.3, -0.25) is 19.7 Å². The SMILES string of the molecule is Cl.NC[C@H]1CCC[C@H]1C(=O)N1CCN(C(=O)c2ccc([N+](=O)[O-])s2)CC1. The van der Waals surface area contributed by atoms with Gasteiger partial charge in [0.15, 0.2) is 0 Å². The van der Waals surface area contributed by atoms with Crippen molar-refractivity contribution < 1.29 is 14.5 Å². The maximum atomic E-state index is 12.7. The van der Waals surface area contributed by atoms with E-state index >= 15 is 0 Å². The summed E-state index contributed by atoms with van der Waals surface area (Å²) in [5, 5.41) is 10.7. The Morgan fingerprint density at radius 1 is 1.19 bits per heavy atom. The molecule has 0 aromatic carbocycles. The van der Waals surface area contributed by atoms with Crippen LogP contribution < -0.4 is 5.73 Å². The molecule has 8 nitrogen and oxygen atoms in total. The van der Waals surface area contributed by atoms with E-state index in [0.29, 0.717) is 37.6 Å². The van der Waals surface area contributed by atoms with Crippen LogP contribution in [-0.2, 0) is 4.79 Å². The largest absolute Gasteiger partial charge is 0.339 e. The zero-order valence-electron chi connectivity index (χ0n) is 14.3. The Hall–Kier alpha value is -1.71. The molecule has 0 bridgehead atoms. The summed E-state index contributed by atoms with van der Waals surface area (Å²) in [4.78, 5) is 39.3. The first-order valence-corrected chi connectivity index (χ1v) is 9.35. The lowest BCUT2D eigenvalue weighted by molar-refractivity contribution is -0.380. The third-order valence-corrected chi connectivity index (χ3v) is 6.17. The average molecular weight is 403 g/mol. The highest BCUT2D eigenvalue weighted by Crippen LogP contribution is 2.32. The normalized spacial score (nSPS) is 22.8. The van der Waals surface area contributed by atoms with Crippen LogP contribution in [0.15, 0.2) is 12.1 Å². The number of rotatable bonds is 4. The molecular formula is C16H23ClN4O4S. The van der Waals surface area contributed by atoms with Crippen molar-refractivity contribution in [2.24, 2.45) is 17.6 Å². The molecule has 1 aromatic rings. The number of nitro groups is 1. The van der Waals surface area contributed by atoms with Crippen molar-refractivity contribution in [3.63, 3.8) is 0 Å². The molecule has 2 aliphatic rings. The molecule has 2 fully saturated rings. The predicted molar refractivity (Wildman–Crippen MR) is 101 cm³/mol. The van der Waals surface area contributed by atoms with Gasteiger partial charge in [0.05, 0.1) is 9.80 Å². The fourth-order valence-corrected chi connectivity index (χ4v) is 4.49. The van der Waals surface area contributed by atoms with Crippen LogP contribution in [0.3, 0.4) is 0 Å². The summed E-state index contributed by atoms with van der Waals surface area (Å²) in [5.41, 5.74) is 5.77. The van der Waals surface area contributed by atoms with Crippen LogP contribution in [0.1, 0.15) is 28.9 Å². The van der Waals surface area contributed by atoms with E-state index in [-0.39, 0.29) is 41.1 Å². The molecule has 26 heavy (non-hydrogen) atoms. The van der Waals surface area contributed by atoms with Gasteiger partial charge in [-0.1, -0.05) is 17.8 Å². The van der Waals surface area contributed by atoms with E-state index in [1.807, 2.05) is 4.90 Å². The molecule has 2 heterocycles. The third kappa shape index (κ3) is 4.16. The fraction of sp³-hybridized carbons (Fsp3) is 0.625. The second-order valence-corrected chi connectivity index (χ2v) is 7.61. The predicted octanol–water partition coefficient (Wildman–Crippen LogP) is 1.74. The number of nitrogens with two attached hydrogens (primary N) is 1. The van der Waals surface area contributed by atoms with Gasteiger partial charge >= 0.3 is 5.00 Å². The van der Waals surface area contributed by atoms with Crippen molar-refractivity contribution in [3.8, 4) is 0 Å². The van der Waals surface area contributed by atoms with Gasteiger partial charge < -0.3 is 15.5 Å². The number of thiophene rings is 1. The first-order valence-electron chi connectivity index (χ1n) is 8.53. The quantitative estimate of drug-likeness (QED) is 0.609. The molecule has 3 rings (SSSR count). The Morgan fingerprint density at radius 3 is 2.42 bits per heavy atom. The fourth-order valence-electron chi connectivity index (χ4n) is 3.71. The van der Waals surface area contributed by atoms with Crippen LogP contribution in [0.25, 0.3) is 0 Å². The van der Waals surface area contributed by atoms with Crippen molar-refractivity contribution >= 4 is 40.6 Å². The first-order chi connectivity index (χ1) is 12.0. The summed E-state index contributed by atoms with van der Waals surface area (Å²) in [6.45, 7) is 2.47. The van der Waals surface area contributed by atoms with Gasteiger partial charge in [0.1, 0.15) is 0 Å². The van der Waals surface area contributed by atoms with Gasteiger partial charge in [-0.25, -0.2) is 0 Å². The van der Waals surface area contributed by atoms with Gasteiger partial charge in [-0.15, -0.1) is 12.4 Å². The van der Waals surface area contributed by atoms with Crippen molar-refractivity contribution in [1.29, 1.82) is 0 Å². The number of hydrogen-bond acceptors (Lipinski definition) is 6. The molecule has 0 spiro atoms. The van der Waals surface area contributed by atoms with E-state index in [1.54, 1.807) is 4.90 Å². The van der Waals surface area contributed by atoms with Crippen LogP contribution in [0.5, 0.6) is 0 Å². The second kappa shape index (κ2) is 8.79. The molecule has 10 heteroatoms. The Morgan fingerprint density at radius 2 is 1.85 bits per heavy atom. The van der Waals surface area contributed by atoms with Crippen molar-refractivity contribution in [3.05, 3.63) is 27.1 Å². The Bertz CT molecular complexity index is 675. The minimum Gasteiger partial charge on any atom is -0.339 e. The molecular weight excluding hydrogens is 380 g/mol. The van der Waals surface area contributed by atoms with Crippen LogP contribution in [0.2, 0.25) is 0 Å². The Balaban J connectivity index is 0.00000243. The molecule has 2 atom stereocenters. The number of hydrogen-bond donors (Lipinski definition) is 1. The molecule has 2 N–H and O–H groups in total. The smallest absolute Gasteiger partial charge is 0.324 e. The lowest BCUT2D eigenvalue weighted by Crippen LogP contribution is -2.52. The molecule has 1 saturated carbocycles. The monoisotopic (exact) mass is 402 g/mol. The first kappa shape index (κ1) is 20.6. The van der Waals surface area contributed by atoms with Crippen LogP contribution in [0, 0.1) is 22.0 Å². The van der Waals surface area contributed by atoms with Crippen molar-refractivity contribution in [2.45, 2.75) is 19.3 Å². The summed E-state index contributed by atoms with van der Waals surface area (Å²) in [5.74, 6) is 0.253. The summed E-state index contributed by atoms with van der Waals surface area (Å²) in [6, 6.07) is 2.85. The van der Waals surface area contributed by atoms with E-state index in [0.717, 1.165) is 30.6 Å². The minimum atomic E-state index is -0.493. The van der Waals surface area contributed by atoms with Gasteiger partial charge in [0.2, 0.25) is 5.91 Å². The van der Waals surface area contributed by atoms with E-state index in [4.69, 9.17) is 5.73 Å². The van der Waals surface area contributed by atoms with Gasteiger partial charge in [0, 0.05) is 38.2 Å². The van der Waals surface area contributed by atoms with E-state index in [2.05, 4.69) is 0 Å². The lowest BCUT2D eigenvalue weighted by Gasteiger charge is -2.36. The third-order valence-electron chi connectivity index (χ3n) is 5.14. The number of amides is 2. The molecule has 1 aliphatic carbocycles. The van der Waals surface area contributed by atoms with Crippen LogP contribution in [0.4, 0.5) is 5.00 Å². The molecule has 0 radical (unpaired) electrons. The van der Waals surface area contributed by atoms with Crippen molar-refractivity contribution in [1.82, 2.24) is 9.80 Å². The summed E-state index contributed by atoms with van der Waals surface area (Å²) >= 11 is 0.889. The maximum absolute atomic E-state index is 12.7. The highest BCUT2D eigenvalue weighted by molar-refractivity contribution is 7.17. The topological polar surface area (TPSA) is 110 Å². The van der Waals surface area contributed by atoms with Crippen molar-refractivity contribution in [2.75, 3.05) is 32.7 Å². The number of halogens is 1. The lowest BCUT2D eigenvalue weighted by atomic mass is 9.94. The van der Waals surface area contributed by atoms with Gasteiger partial charge in [0.25, 0.3) is 5.91 Å². The number of piperazine rings is 1. The Kier molecular flexibility index (Phi) is 6.96. The molecule has 2 amide bonds. The zero-order chi connectivity index (χ0) is 18.0. The van der Waals surface area contributed by atoms with E-state index in [1.165, 1.54) is 12.1 Å². The molecule has 1 aromatic heterocycles. The van der Waals surface area contributed by atoms with E-state index in [9.17, 15) is 19.7 Å². The van der Waals surface area contributed by atoms with Gasteiger partial charge in [-0.05, 0) is 31.4 Å². The Labute approximate surface area is 161 Å². The molecule has 0 unspecified atom stereocenters. The molecule has 1 saturated heterocycles. The highest BCUT2D eigenvalue weighted by atomic mass is 35.5. The van der Waals surface area contributed by atoms with E-state index < -0.39 is 4.92 Å². The number of carbonyl (C=O) groups excluding carboxylic acids is 2. The number of nitrogens with zero attached hydrogens (tertiary/aromatic N) is 3. The molecule has 1 aliphatic heterocycles. The second-order valence-electron chi connectivity index (χ2n) is 6.55. The maximum Gasteiger partial charge on any atom is 0.324 e. The molecule has 144 valence electrons.